The summed E-state index contributed by atoms with van der Waals surface area (Å²) in [7, 11) is 0. The molecule has 1 aromatic heterocycles. The molecule has 9 heteroatoms. The lowest BCUT2D eigenvalue weighted by Gasteiger charge is -2.14. The van der Waals surface area contributed by atoms with Crippen LogP contribution in [0.1, 0.15) is 17.5 Å². The molecule has 0 bridgehead atoms. The molecule has 0 saturated carbocycles. The molecule has 0 atom stereocenters. The zero-order chi connectivity index (χ0) is 17.7. The number of halogens is 3. The van der Waals surface area contributed by atoms with Gasteiger partial charge in [0.2, 0.25) is 11.8 Å². The second-order valence-electron chi connectivity index (χ2n) is 4.63. The Labute approximate surface area is 139 Å². The number of thiazole rings is 1. The Morgan fingerprint density at radius 3 is 2.54 bits per heavy atom. The molecular formula is C15H12F3N3O2S. The maximum Gasteiger partial charge on any atom is 0.416 e. The average Bonchev–Trinajstić information content (AvgIpc) is 2.98. The van der Waals surface area contributed by atoms with Crippen LogP contribution in [-0.4, -0.2) is 16.8 Å². The Kier molecular flexibility index (Phi) is 5.35. The number of carbonyl (C=O) groups is 2. The third-order valence-electron chi connectivity index (χ3n) is 2.74. The van der Waals surface area contributed by atoms with Crippen LogP contribution in [0.4, 0.5) is 24.5 Å². The van der Waals surface area contributed by atoms with Gasteiger partial charge in [0.25, 0.3) is 0 Å². The van der Waals surface area contributed by atoms with Crippen molar-refractivity contribution in [3.05, 3.63) is 46.4 Å². The van der Waals surface area contributed by atoms with Gasteiger partial charge in [0.15, 0.2) is 0 Å². The minimum Gasteiger partial charge on any atom is -0.325 e. The van der Waals surface area contributed by atoms with Gasteiger partial charge in [-0.1, -0.05) is 0 Å². The monoisotopic (exact) mass is 355 g/mol. The summed E-state index contributed by atoms with van der Waals surface area (Å²) < 4.78 is 38.4. The molecule has 1 heterocycles. The molecule has 2 rings (SSSR count). The van der Waals surface area contributed by atoms with Crippen molar-refractivity contribution in [1.29, 1.82) is 0 Å². The van der Waals surface area contributed by atoms with Crippen molar-refractivity contribution >= 4 is 40.6 Å². The molecule has 0 spiro atoms. The van der Waals surface area contributed by atoms with E-state index in [2.05, 4.69) is 15.6 Å². The van der Waals surface area contributed by atoms with E-state index in [1.807, 2.05) is 0 Å². The number of rotatable bonds is 4. The fraction of sp³-hybridized carbons (Fsp3) is 0.133. The van der Waals surface area contributed by atoms with Crippen LogP contribution < -0.4 is 10.6 Å². The van der Waals surface area contributed by atoms with Gasteiger partial charge in [-0.2, -0.15) is 13.2 Å². The lowest BCUT2D eigenvalue weighted by Crippen LogP contribution is -2.14. The number of hydrogen-bond donors (Lipinski definition) is 2. The van der Waals surface area contributed by atoms with Crippen LogP contribution in [0.15, 0.2) is 35.9 Å². The summed E-state index contributed by atoms with van der Waals surface area (Å²) in [6, 6.07) is 2.68. The number of aromatic nitrogens is 1. The highest BCUT2D eigenvalue weighted by molar-refractivity contribution is 7.10. The Balaban J connectivity index is 2.24. The van der Waals surface area contributed by atoms with Crippen molar-refractivity contribution in [1.82, 2.24) is 4.98 Å². The Morgan fingerprint density at radius 2 is 1.96 bits per heavy atom. The molecule has 0 aliphatic rings. The fourth-order valence-corrected chi connectivity index (χ4v) is 2.29. The number of alkyl halides is 3. The summed E-state index contributed by atoms with van der Waals surface area (Å²) in [6.45, 7) is 1.21. The number of carbonyl (C=O) groups excluding carboxylic acids is 2. The maximum atomic E-state index is 12.8. The summed E-state index contributed by atoms with van der Waals surface area (Å²) >= 11 is 1.30. The zero-order valence-corrected chi connectivity index (χ0v) is 13.2. The molecule has 24 heavy (non-hydrogen) atoms. The molecular weight excluding hydrogens is 343 g/mol. The summed E-state index contributed by atoms with van der Waals surface area (Å²) in [5, 5.41) is 7.00. The second-order valence-corrected chi connectivity index (χ2v) is 5.56. The number of hydrogen-bond acceptors (Lipinski definition) is 4. The van der Waals surface area contributed by atoms with E-state index < -0.39 is 23.6 Å². The van der Waals surface area contributed by atoms with Crippen molar-refractivity contribution in [3.63, 3.8) is 0 Å². The van der Waals surface area contributed by atoms with Crippen molar-refractivity contribution in [2.45, 2.75) is 13.1 Å². The second kappa shape index (κ2) is 7.26. The first-order chi connectivity index (χ1) is 11.3. The molecule has 1 aromatic carbocycles. The van der Waals surface area contributed by atoms with Gasteiger partial charge in [-0.05, 0) is 24.3 Å². The summed E-state index contributed by atoms with van der Waals surface area (Å²) in [4.78, 5) is 27.0. The van der Waals surface area contributed by atoms with E-state index >= 15 is 0 Å². The number of anilines is 2. The predicted octanol–water partition coefficient (Wildman–Crippen LogP) is 3.77. The zero-order valence-electron chi connectivity index (χ0n) is 12.3. The Morgan fingerprint density at radius 1 is 1.21 bits per heavy atom. The molecule has 0 radical (unpaired) electrons. The van der Waals surface area contributed by atoms with Crippen LogP contribution in [0.2, 0.25) is 0 Å². The highest BCUT2D eigenvalue weighted by atomic mass is 32.1. The SMILES string of the molecule is CC(=O)Nc1ccc(C(F)(F)F)cc1NC(=O)/C=C/c1nccs1. The maximum absolute atomic E-state index is 12.8. The first-order valence-electron chi connectivity index (χ1n) is 6.63. The summed E-state index contributed by atoms with van der Waals surface area (Å²) in [5.74, 6) is -1.11. The topological polar surface area (TPSA) is 71.1 Å². The predicted molar refractivity (Wildman–Crippen MR) is 85.5 cm³/mol. The average molecular weight is 355 g/mol. The minimum absolute atomic E-state index is 0.0755. The minimum atomic E-state index is -4.56. The lowest BCUT2D eigenvalue weighted by molar-refractivity contribution is -0.137. The van der Waals surface area contributed by atoms with Gasteiger partial charge in [-0.3, -0.25) is 9.59 Å². The molecule has 126 valence electrons. The van der Waals surface area contributed by atoms with Gasteiger partial charge >= 0.3 is 6.18 Å². The normalized spacial score (nSPS) is 11.5. The van der Waals surface area contributed by atoms with E-state index in [0.717, 1.165) is 24.3 Å². The van der Waals surface area contributed by atoms with E-state index in [-0.39, 0.29) is 11.4 Å². The van der Waals surface area contributed by atoms with E-state index in [1.165, 1.54) is 24.3 Å². The van der Waals surface area contributed by atoms with Crippen LogP contribution in [0.5, 0.6) is 0 Å². The van der Waals surface area contributed by atoms with Crippen molar-refractivity contribution in [3.8, 4) is 0 Å². The quantitative estimate of drug-likeness (QED) is 0.820. The van der Waals surface area contributed by atoms with Gasteiger partial charge in [0, 0.05) is 24.6 Å². The largest absolute Gasteiger partial charge is 0.416 e. The van der Waals surface area contributed by atoms with Crippen molar-refractivity contribution in [2.75, 3.05) is 10.6 Å². The van der Waals surface area contributed by atoms with Crippen molar-refractivity contribution < 1.29 is 22.8 Å². The van der Waals surface area contributed by atoms with Crippen LogP contribution in [0, 0.1) is 0 Å². The summed E-state index contributed by atoms with van der Waals surface area (Å²) in [6.07, 6.45) is -0.419. The molecule has 2 aromatic rings. The molecule has 0 aliphatic heterocycles. The van der Waals surface area contributed by atoms with Gasteiger partial charge in [0.05, 0.1) is 16.9 Å². The van der Waals surface area contributed by atoms with Crippen LogP contribution >= 0.6 is 11.3 Å². The van der Waals surface area contributed by atoms with Crippen LogP contribution in [-0.2, 0) is 15.8 Å². The van der Waals surface area contributed by atoms with E-state index in [1.54, 1.807) is 11.6 Å². The molecule has 0 unspecified atom stereocenters. The molecule has 0 aliphatic carbocycles. The lowest BCUT2D eigenvalue weighted by atomic mass is 10.1. The Hall–Kier alpha value is -2.68. The highest BCUT2D eigenvalue weighted by Gasteiger charge is 2.31. The van der Waals surface area contributed by atoms with Crippen LogP contribution in [0.25, 0.3) is 6.08 Å². The highest BCUT2D eigenvalue weighted by Crippen LogP contribution is 2.34. The first kappa shape index (κ1) is 17.7. The third kappa shape index (κ3) is 4.92. The van der Waals surface area contributed by atoms with Crippen LogP contribution in [0.3, 0.4) is 0 Å². The molecule has 2 N–H and O–H groups in total. The fourth-order valence-electron chi connectivity index (χ4n) is 1.76. The number of benzene rings is 1. The van der Waals surface area contributed by atoms with Gasteiger partial charge in [-0.15, -0.1) is 11.3 Å². The number of nitrogens with one attached hydrogen (secondary N) is 2. The first-order valence-corrected chi connectivity index (χ1v) is 7.51. The smallest absolute Gasteiger partial charge is 0.325 e. The van der Waals surface area contributed by atoms with Crippen molar-refractivity contribution in [2.24, 2.45) is 0 Å². The summed E-state index contributed by atoms with van der Waals surface area (Å²) in [5.41, 5.74) is -1.00. The molecule has 0 fully saturated rings. The van der Waals surface area contributed by atoms with E-state index in [0.29, 0.717) is 5.01 Å². The molecule has 5 nitrogen and oxygen atoms in total. The van der Waals surface area contributed by atoms with Gasteiger partial charge < -0.3 is 10.6 Å². The Bertz CT molecular complexity index is 771. The number of nitrogens with zero attached hydrogens (tertiary/aromatic N) is 1. The number of amides is 2. The van der Waals surface area contributed by atoms with Gasteiger partial charge in [-0.25, -0.2) is 4.98 Å². The molecule has 0 saturated heterocycles. The van der Waals surface area contributed by atoms with Gasteiger partial charge in [0.1, 0.15) is 5.01 Å². The van der Waals surface area contributed by atoms with E-state index in [4.69, 9.17) is 0 Å². The standard InChI is InChI=1S/C15H12F3N3O2S/c1-9(22)20-11-3-2-10(15(16,17)18)8-12(11)21-13(23)4-5-14-19-6-7-24-14/h2-8H,1H3,(H,20,22)(H,21,23)/b5-4+. The van der Waals surface area contributed by atoms with E-state index in [9.17, 15) is 22.8 Å². The third-order valence-corrected chi connectivity index (χ3v) is 3.48. The molecule has 2 amide bonds.